The quantitative estimate of drug-likeness (QED) is 0.465. The summed E-state index contributed by atoms with van der Waals surface area (Å²) in [6.45, 7) is 14.4. The van der Waals surface area contributed by atoms with Gasteiger partial charge in [-0.25, -0.2) is 4.79 Å². The number of hydrogen-bond acceptors (Lipinski definition) is 3. The fourth-order valence-electron chi connectivity index (χ4n) is 4.53. The lowest BCUT2D eigenvalue weighted by molar-refractivity contribution is -0.307. The standard InChI is InChI=1S/C28H40N2O3/c1-7-16-27(6)18-32-28(33-19-27,22-12-9-8-10-13-22)17-29-26(31)30-25-23(20(2)3)14-11-15-24(25)21(4)5/h8-15,20-21H,7,16-19H2,1-6H3,(H2,29,30,31). The molecule has 1 aliphatic rings. The van der Waals surface area contributed by atoms with Crippen molar-refractivity contribution in [3.63, 3.8) is 0 Å². The van der Waals surface area contributed by atoms with E-state index in [0.717, 1.165) is 35.2 Å². The second-order valence-electron chi connectivity index (χ2n) is 10.2. The third-order valence-electron chi connectivity index (χ3n) is 6.47. The summed E-state index contributed by atoms with van der Waals surface area (Å²) in [5.41, 5.74) is 4.06. The molecule has 5 heteroatoms. The van der Waals surface area contributed by atoms with E-state index in [9.17, 15) is 4.79 Å². The maximum absolute atomic E-state index is 13.1. The molecule has 0 unspecified atom stereocenters. The van der Waals surface area contributed by atoms with Gasteiger partial charge in [-0.2, -0.15) is 0 Å². The number of rotatable bonds is 8. The largest absolute Gasteiger partial charge is 0.344 e. The summed E-state index contributed by atoms with van der Waals surface area (Å²) in [5, 5.41) is 6.16. The van der Waals surface area contributed by atoms with E-state index in [2.05, 4.69) is 70.4 Å². The van der Waals surface area contributed by atoms with E-state index in [-0.39, 0.29) is 18.0 Å². The minimum absolute atomic E-state index is 0.0162. The van der Waals surface area contributed by atoms with Gasteiger partial charge in [0.15, 0.2) is 0 Å². The Bertz CT molecular complexity index is 890. The molecule has 0 aromatic heterocycles. The van der Waals surface area contributed by atoms with Crippen LogP contribution in [0.15, 0.2) is 48.5 Å². The van der Waals surface area contributed by atoms with Crippen molar-refractivity contribution >= 4 is 11.7 Å². The number of anilines is 1. The maximum atomic E-state index is 13.1. The van der Waals surface area contributed by atoms with Gasteiger partial charge in [0.1, 0.15) is 0 Å². The Morgan fingerprint density at radius 1 is 0.939 bits per heavy atom. The molecule has 1 heterocycles. The van der Waals surface area contributed by atoms with Crippen LogP contribution in [0.2, 0.25) is 0 Å². The number of benzene rings is 2. The highest BCUT2D eigenvalue weighted by molar-refractivity contribution is 5.91. The highest BCUT2D eigenvalue weighted by atomic mass is 16.7. The topological polar surface area (TPSA) is 59.6 Å². The first kappa shape index (κ1) is 25.3. The van der Waals surface area contributed by atoms with E-state index >= 15 is 0 Å². The zero-order valence-electron chi connectivity index (χ0n) is 21.0. The lowest BCUT2D eigenvalue weighted by Crippen LogP contribution is -2.53. The van der Waals surface area contributed by atoms with Gasteiger partial charge >= 0.3 is 6.03 Å². The van der Waals surface area contributed by atoms with Gasteiger partial charge in [-0.1, -0.05) is 96.5 Å². The molecule has 2 aromatic carbocycles. The van der Waals surface area contributed by atoms with Crippen LogP contribution in [0, 0.1) is 5.41 Å². The Kier molecular flexibility index (Phi) is 8.19. The smallest absolute Gasteiger partial charge is 0.319 e. The molecule has 1 fully saturated rings. The molecule has 1 aliphatic heterocycles. The normalized spacial score (nSPS) is 23.0. The van der Waals surface area contributed by atoms with Gasteiger partial charge in [-0.05, 0) is 29.4 Å². The first-order valence-electron chi connectivity index (χ1n) is 12.2. The molecule has 0 radical (unpaired) electrons. The molecule has 2 amide bonds. The van der Waals surface area contributed by atoms with Gasteiger partial charge < -0.3 is 20.1 Å². The van der Waals surface area contributed by atoms with Crippen LogP contribution in [0.25, 0.3) is 0 Å². The summed E-state index contributed by atoms with van der Waals surface area (Å²) in [4.78, 5) is 13.1. The van der Waals surface area contributed by atoms with Crippen molar-refractivity contribution in [2.24, 2.45) is 5.41 Å². The third-order valence-corrected chi connectivity index (χ3v) is 6.47. The zero-order valence-corrected chi connectivity index (χ0v) is 21.0. The van der Waals surface area contributed by atoms with Crippen molar-refractivity contribution in [3.8, 4) is 0 Å². The van der Waals surface area contributed by atoms with Gasteiger partial charge in [-0.15, -0.1) is 0 Å². The number of carbonyl (C=O) groups is 1. The Hall–Kier alpha value is -2.37. The van der Waals surface area contributed by atoms with E-state index in [4.69, 9.17) is 9.47 Å². The van der Waals surface area contributed by atoms with Gasteiger partial charge in [0.05, 0.1) is 19.8 Å². The molecule has 2 N–H and O–H groups in total. The Morgan fingerprint density at radius 3 is 2.03 bits per heavy atom. The van der Waals surface area contributed by atoms with Crippen LogP contribution in [0.4, 0.5) is 10.5 Å². The Morgan fingerprint density at radius 2 is 1.52 bits per heavy atom. The first-order chi connectivity index (χ1) is 15.7. The predicted molar refractivity (Wildman–Crippen MR) is 135 cm³/mol. The van der Waals surface area contributed by atoms with E-state index in [1.165, 1.54) is 0 Å². The summed E-state index contributed by atoms with van der Waals surface area (Å²) in [5.74, 6) is -0.392. The number of hydrogen-bond donors (Lipinski definition) is 2. The molecule has 33 heavy (non-hydrogen) atoms. The van der Waals surface area contributed by atoms with Crippen LogP contribution in [0.5, 0.6) is 0 Å². The van der Waals surface area contributed by atoms with Crippen LogP contribution >= 0.6 is 0 Å². The molecule has 0 aliphatic carbocycles. The highest BCUT2D eigenvalue weighted by Crippen LogP contribution is 2.39. The second-order valence-corrected chi connectivity index (χ2v) is 10.2. The summed E-state index contributed by atoms with van der Waals surface area (Å²) in [7, 11) is 0. The summed E-state index contributed by atoms with van der Waals surface area (Å²) >= 11 is 0. The fraction of sp³-hybridized carbons (Fsp3) is 0.536. The lowest BCUT2D eigenvalue weighted by Gasteiger charge is -2.45. The summed E-state index contributed by atoms with van der Waals surface area (Å²) in [6, 6.07) is 15.9. The lowest BCUT2D eigenvalue weighted by atomic mass is 9.86. The predicted octanol–water partition coefficient (Wildman–Crippen LogP) is 6.76. The highest BCUT2D eigenvalue weighted by Gasteiger charge is 2.43. The molecule has 0 atom stereocenters. The van der Waals surface area contributed by atoms with Gasteiger partial charge in [0.25, 0.3) is 0 Å². The van der Waals surface area contributed by atoms with Crippen LogP contribution < -0.4 is 10.6 Å². The molecule has 5 nitrogen and oxygen atoms in total. The number of para-hydroxylation sites is 1. The average molecular weight is 453 g/mol. The molecule has 1 saturated heterocycles. The van der Waals surface area contributed by atoms with Gasteiger partial charge in [-0.3, -0.25) is 0 Å². The number of amides is 2. The van der Waals surface area contributed by atoms with Crippen molar-refractivity contribution in [3.05, 3.63) is 65.2 Å². The SMILES string of the molecule is CCCC1(C)COC(CNC(=O)Nc2c(C(C)C)cccc2C(C)C)(c2ccccc2)OC1. The van der Waals surface area contributed by atoms with Gasteiger partial charge in [0.2, 0.25) is 5.79 Å². The average Bonchev–Trinajstić information content (AvgIpc) is 2.79. The van der Waals surface area contributed by atoms with Crippen molar-refractivity contribution in [1.29, 1.82) is 0 Å². The number of urea groups is 1. The van der Waals surface area contributed by atoms with Crippen molar-refractivity contribution in [2.45, 2.75) is 72.0 Å². The number of carbonyl (C=O) groups excluding carboxylic acids is 1. The number of ether oxygens (including phenoxy) is 2. The van der Waals surface area contributed by atoms with E-state index < -0.39 is 5.79 Å². The van der Waals surface area contributed by atoms with E-state index in [0.29, 0.717) is 25.0 Å². The number of nitrogens with one attached hydrogen (secondary N) is 2. The molecule has 2 aromatic rings. The third kappa shape index (κ3) is 5.96. The molecule has 0 bridgehead atoms. The van der Waals surface area contributed by atoms with Crippen LogP contribution in [0.3, 0.4) is 0 Å². The zero-order chi connectivity index (χ0) is 24.1. The first-order valence-corrected chi connectivity index (χ1v) is 12.2. The van der Waals surface area contributed by atoms with E-state index in [1.54, 1.807) is 0 Å². The molecular weight excluding hydrogens is 412 g/mol. The Balaban J connectivity index is 1.78. The monoisotopic (exact) mass is 452 g/mol. The molecule has 0 saturated carbocycles. The Labute approximate surface area is 199 Å². The summed E-state index contributed by atoms with van der Waals surface area (Å²) in [6.07, 6.45) is 2.12. The van der Waals surface area contributed by atoms with Crippen LogP contribution in [-0.2, 0) is 15.3 Å². The summed E-state index contributed by atoms with van der Waals surface area (Å²) < 4.78 is 12.8. The van der Waals surface area contributed by atoms with E-state index in [1.807, 2.05) is 30.3 Å². The van der Waals surface area contributed by atoms with Crippen molar-refractivity contribution < 1.29 is 14.3 Å². The molecule has 3 rings (SSSR count). The second kappa shape index (κ2) is 10.7. The molecular formula is C28H40N2O3. The molecule has 180 valence electrons. The van der Waals surface area contributed by atoms with Crippen molar-refractivity contribution in [1.82, 2.24) is 5.32 Å². The molecule has 0 spiro atoms. The minimum Gasteiger partial charge on any atom is -0.344 e. The minimum atomic E-state index is -0.996. The fourth-order valence-corrected chi connectivity index (χ4v) is 4.53. The van der Waals surface area contributed by atoms with Crippen molar-refractivity contribution in [2.75, 3.05) is 25.1 Å². The maximum Gasteiger partial charge on any atom is 0.319 e. The van der Waals surface area contributed by atoms with Crippen LogP contribution in [0.1, 0.15) is 82.9 Å². The van der Waals surface area contributed by atoms with Gasteiger partial charge in [0, 0.05) is 16.7 Å². The van der Waals surface area contributed by atoms with Crippen LogP contribution in [-0.4, -0.2) is 25.8 Å².